The highest BCUT2D eigenvalue weighted by Gasteiger charge is 2.10. The van der Waals surface area contributed by atoms with Crippen LogP contribution in [0.15, 0.2) is 22.0 Å². The van der Waals surface area contributed by atoms with Crippen LogP contribution in [0.3, 0.4) is 0 Å². The Morgan fingerprint density at radius 1 is 1.57 bits per heavy atom. The lowest BCUT2D eigenvalue weighted by atomic mass is 10.3. The molecular formula is C8H5BrN2O2S. The summed E-state index contributed by atoms with van der Waals surface area (Å²) in [6.07, 6.45) is 0. The van der Waals surface area contributed by atoms with Crippen molar-refractivity contribution >= 4 is 33.2 Å². The lowest BCUT2D eigenvalue weighted by Crippen LogP contribution is -1.95. The second-order valence-electron chi connectivity index (χ2n) is 2.58. The minimum Gasteiger partial charge on any atom is -0.476 e. The first kappa shape index (κ1) is 9.42. The zero-order valence-corrected chi connectivity index (χ0v) is 9.22. The largest absolute Gasteiger partial charge is 0.476 e. The third-order valence-corrected chi connectivity index (χ3v) is 3.29. The summed E-state index contributed by atoms with van der Waals surface area (Å²) < 4.78 is 0.999. The Labute approximate surface area is 91.7 Å². The molecule has 0 amide bonds. The van der Waals surface area contributed by atoms with E-state index in [0.29, 0.717) is 0 Å². The number of carboxylic acids is 1. The summed E-state index contributed by atoms with van der Waals surface area (Å²) in [6, 6.07) is 5.32. The Bertz CT molecular complexity index is 477. The third kappa shape index (κ3) is 1.71. The van der Waals surface area contributed by atoms with E-state index in [2.05, 4.69) is 26.1 Å². The highest BCUT2D eigenvalue weighted by atomic mass is 79.9. The predicted molar refractivity (Wildman–Crippen MR) is 56.6 cm³/mol. The van der Waals surface area contributed by atoms with E-state index in [1.165, 1.54) is 17.4 Å². The number of nitrogens with one attached hydrogen (secondary N) is 1. The van der Waals surface area contributed by atoms with E-state index in [-0.39, 0.29) is 5.69 Å². The summed E-state index contributed by atoms with van der Waals surface area (Å²) in [5.74, 6) is -1.02. The Kier molecular flexibility index (Phi) is 2.39. The van der Waals surface area contributed by atoms with Crippen LogP contribution in [0.5, 0.6) is 0 Å². The number of aromatic carboxylic acids is 1. The molecule has 2 heterocycles. The minimum atomic E-state index is -1.02. The van der Waals surface area contributed by atoms with E-state index in [4.69, 9.17) is 5.11 Å². The van der Waals surface area contributed by atoms with Crippen molar-refractivity contribution in [3.05, 3.63) is 27.7 Å². The van der Waals surface area contributed by atoms with Gasteiger partial charge in [0.15, 0.2) is 5.69 Å². The van der Waals surface area contributed by atoms with E-state index in [9.17, 15) is 4.79 Å². The molecule has 0 unspecified atom stereocenters. The van der Waals surface area contributed by atoms with E-state index >= 15 is 0 Å². The summed E-state index contributed by atoms with van der Waals surface area (Å²) >= 11 is 4.85. The summed E-state index contributed by atoms with van der Waals surface area (Å²) in [4.78, 5) is 11.5. The molecule has 0 aliphatic rings. The number of nitrogens with zero attached hydrogens (tertiary/aromatic N) is 1. The number of carbonyl (C=O) groups is 1. The van der Waals surface area contributed by atoms with Crippen LogP contribution in [-0.4, -0.2) is 21.3 Å². The summed E-state index contributed by atoms with van der Waals surface area (Å²) in [7, 11) is 0. The maximum absolute atomic E-state index is 10.6. The van der Waals surface area contributed by atoms with Crippen LogP contribution in [0.1, 0.15) is 10.5 Å². The topological polar surface area (TPSA) is 66.0 Å². The molecule has 2 aromatic heterocycles. The number of aromatic nitrogens is 2. The van der Waals surface area contributed by atoms with Gasteiger partial charge in [0.1, 0.15) is 0 Å². The zero-order chi connectivity index (χ0) is 10.1. The van der Waals surface area contributed by atoms with Crippen molar-refractivity contribution in [2.45, 2.75) is 0 Å². The molecule has 0 aliphatic carbocycles. The molecule has 14 heavy (non-hydrogen) atoms. The van der Waals surface area contributed by atoms with Gasteiger partial charge in [-0.3, -0.25) is 5.10 Å². The van der Waals surface area contributed by atoms with Crippen molar-refractivity contribution in [2.24, 2.45) is 0 Å². The quantitative estimate of drug-likeness (QED) is 0.883. The number of hydrogen-bond acceptors (Lipinski definition) is 3. The number of thiophene rings is 1. The van der Waals surface area contributed by atoms with Gasteiger partial charge in [-0.1, -0.05) is 0 Å². The van der Waals surface area contributed by atoms with E-state index in [1.807, 2.05) is 12.1 Å². The smallest absolute Gasteiger partial charge is 0.356 e. The number of hydrogen-bond donors (Lipinski definition) is 2. The van der Waals surface area contributed by atoms with Crippen LogP contribution in [0, 0.1) is 0 Å². The average Bonchev–Trinajstić information content (AvgIpc) is 2.70. The summed E-state index contributed by atoms with van der Waals surface area (Å²) in [6.45, 7) is 0. The first-order valence-corrected chi connectivity index (χ1v) is 5.32. The minimum absolute atomic E-state index is 0.0320. The molecule has 0 aliphatic heterocycles. The van der Waals surface area contributed by atoms with Crippen molar-refractivity contribution < 1.29 is 9.90 Å². The second kappa shape index (κ2) is 3.55. The highest BCUT2D eigenvalue weighted by molar-refractivity contribution is 9.11. The Morgan fingerprint density at radius 2 is 2.36 bits per heavy atom. The fraction of sp³-hybridized carbons (Fsp3) is 0. The number of aromatic amines is 1. The standard InChI is InChI=1S/C8H5BrN2O2S/c9-7-2-1-6(14-7)4-3-5(8(12)13)11-10-4/h1-3H,(H,10,11)(H,12,13). The maximum atomic E-state index is 10.6. The molecular weight excluding hydrogens is 268 g/mol. The van der Waals surface area contributed by atoms with Crippen LogP contribution >= 0.6 is 27.3 Å². The van der Waals surface area contributed by atoms with Crippen LogP contribution in [0.25, 0.3) is 10.6 Å². The zero-order valence-electron chi connectivity index (χ0n) is 6.82. The van der Waals surface area contributed by atoms with Crippen molar-refractivity contribution in [1.82, 2.24) is 10.2 Å². The fourth-order valence-electron chi connectivity index (χ4n) is 1.02. The van der Waals surface area contributed by atoms with Crippen LogP contribution in [0.2, 0.25) is 0 Å². The highest BCUT2D eigenvalue weighted by Crippen LogP contribution is 2.30. The van der Waals surface area contributed by atoms with E-state index in [1.54, 1.807) is 0 Å². The van der Waals surface area contributed by atoms with E-state index in [0.717, 1.165) is 14.4 Å². The van der Waals surface area contributed by atoms with Crippen molar-refractivity contribution in [3.63, 3.8) is 0 Å². The van der Waals surface area contributed by atoms with Crippen molar-refractivity contribution in [3.8, 4) is 10.6 Å². The summed E-state index contributed by atoms with van der Waals surface area (Å²) in [5, 5.41) is 15.0. The van der Waals surface area contributed by atoms with Gasteiger partial charge in [0.2, 0.25) is 0 Å². The van der Waals surface area contributed by atoms with Gasteiger partial charge < -0.3 is 5.11 Å². The maximum Gasteiger partial charge on any atom is 0.356 e. The van der Waals surface area contributed by atoms with Gasteiger partial charge in [0, 0.05) is 0 Å². The van der Waals surface area contributed by atoms with Gasteiger partial charge in [-0.15, -0.1) is 11.3 Å². The SMILES string of the molecule is O=C(O)c1cc(-c2ccc(Br)s2)[nH]n1. The molecule has 0 saturated heterocycles. The molecule has 2 N–H and O–H groups in total. The van der Waals surface area contributed by atoms with Gasteiger partial charge in [-0.25, -0.2) is 4.79 Å². The number of carboxylic acid groups (broad SMARTS) is 1. The molecule has 0 bridgehead atoms. The van der Waals surface area contributed by atoms with Gasteiger partial charge in [0.25, 0.3) is 0 Å². The molecule has 2 aromatic rings. The molecule has 0 radical (unpaired) electrons. The van der Waals surface area contributed by atoms with Crippen LogP contribution < -0.4 is 0 Å². The normalized spacial score (nSPS) is 10.4. The fourth-order valence-corrected chi connectivity index (χ4v) is 2.37. The van der Waals surface area contributed by atoms with E-state index < -0.39 is 5.97 Å². The monoisotopic (exact) mass is 272 g/mol. The van der Waals surface area contributed by atoms with Gasteiger partial charge in [-0.05, 0) is 34.1 Å². The lowest BCUT2D eigenvalue weighted by molar-refractivity contribution is 0.0690. The molecule has 72 valence electrons. The van der Waals surface area contributed by atoms with Crippen LogP contribution in [-0.2, 0) is 0 Å². The molecule has 0 saturated carbocycles. The lowest BCUT2D eigenvalue weighted by Gasteiger charge is -1.86. The number of halogens is 1. The molecule has 0 atom stereocenters. The molecule has 4 nitrogen and oxygen atoms in total. The molecule has 2 rings (SSSR count). The molecule has 0 spiro atoms. The second-order valence-corrected chi connectivity index (χ2v) is 5.04. The Morgan fingerprint density at radius 3 is 2.86 bits per heavy atom. The first-order valence-electron chi connectivity index (χ1n) is 3.71. The van der Waals surface area contributed by atoms with Gasteiger partial charge in [-0.2, -0.15) is 5.10 Å². The van der Waals surface area contributed by atoms with Crippen molar-refractivity contribution in [1.29, 1.82) is 0 Å². The predicted octanol–water partition coefficient (Wildman–Crippen LogP) is 2.60. The average molecular weight is 273 g/mol. The Balaban J connectivity index is 2.38. The molecule has 0 aromatic carbocycles. The molecule has 0 fully saturated rings. The van der Waals surface area contributed by atoms with Crippen LogP contribution in [0.4, 0.5) is 0 Å². The first-order chi connectivity index (χ1) is 6.66. The van der Waals surface area contributed by atoms with Crippen molar-refractivity contribution in [2.75, 3.05) is 0 Å². The number of H-pyrrole nitrogens is 1. The third-order valence-electron chi connectivity index (χ3n) is 1.64. The summed E-state index contributed by atoms with van der Waals surface area (Å²) in [5.41, 5.74) is 0.752. The van der Waals surface area contributed by atoms with Gasteiger partial charge >= 0.3 is 5.97 Å². The Hall–Kier alpha value is -1.14. The number of rotatable bonds is 2. The molecule has 6 heteroatoms. The van der Waals surface area contributed by atoms with Gasteiger partial charge in [0.05, 0.1) is 14.4 Å².